The summed E-state index contributed by atoms with van der Waals surface area (Å²) < 4.78 is 0. The van der Waals surface area contributed by atoms with E-state index < -0.39 is 5.25 Å². The largest absolute Gasteiger partial charge is 0.368 e. The first-order valence-electron chi connectivity index (χ1n) is 8.46. The van der Waals surface area contributed by atoms with Crippen molar-refractivity contribution < 1.29 is 4.79 Å². The number of thiophene rings is 1. The lowest BCUT2D eigenvalue weighted by Gasteiger charge is -2.13. The second kappa shape index (κ2) is 7.50. The summed E-state index contributed by atoms with van der Waals surface area (Å²) in [4.78, 5) is 23.3. The van der Waals surface area contributed by atoms with E-state index in [1.165, 1.54) is 11.8 Å². The van der Waals surface area contributed by atoms with Crippen LogP contribution in [-0.4, -0.2) is 15.9 Å². The Labute approximate surface area is 165 Å². The number of primary amides is 1. The Hall–Kier alpha value is -2.70. The fourth-order valence-electron chi connectivity index (χ4n) is 2.86. The van der Waals surface area contributed by atoms with Gasteiger partial charge in [0.05, 0.1) is 0 Å². The molecule has 0 saturated carbocycles. The van der Waals surface area contributed by atoms with Crippen LogP contribution in [-0.2, 0) is 4.79 Å². The van der Waals surface area contributed by atoms with Gasteiger partial charge in [-0.05, 0) is 24.1 Å². The summed E-state index contributed by atoms with van der Waals surface area (Å²) in [5, 5.41) is 1.24. The predicted octanol–water partition coefficient (Wildman–Crippen LogP) is 4.99. The van der Waals surface area contributed by atoms with E-state index in [1.807, 2.05) is 55.5 Å². The maximum absolute atomic E-state index is 12.1. The molecule has 0 radical (unpaired) electrons. The average Bonchev–Trinajstić information content (AvgIpc) is 3.11. The first-order valence-corrected chi connectivity index (χ1v) is 10.2. The molecule has 2 N–H and O–H groups in total. The van der Waals surface area contributed by atoms with Crippen LogP contribution < -0.4 is 5.73 Å². The van der Waals surface area contributed by atoms with Crippen molar-refractivity contribution in [2.75, 3.05) is 0 Å². The zero-order valence-corrected chi connectivity index (χ0v) is 16.3. The molecule has 0 spiro atoms. The van der Waals surface area contributed by atoms with Crippen molar-refractivity contribution in [1.29, 1.82) is 0 Å². The number of carbonyl (C=O) groups excluding carboxylic acids is 1. The minimum atomic E-state index is -0.497. The number of thioether (sulfide) groups is 1. The summed E-state index contributed by atoms with van der Waals surface area (Å²) in [5.74, 6) is 0.303. The molecule has 0 aliphatic rings. The summed E-state index contributed by atoms with van der Waals surface area (Å²) in [6.45, 7) is 1.87. The summed E-state index contributed by atoms with van der Waals surface area (Å²) in [6.07, 6.45) is 0. The van der Waals surface area contributed by atoms with Gasteiger partial charge in [0.1, 0.15) is 20.9 Å². The van der Waals surface area contributed by atoms with Crippen molar-refractivity contribution >= 4 is 39.2 Å². The maximum atomic E-state index is 12.1. The van der Waals surface area contributed by atoms with Gasteiger partial charge in [-0.25, -0.2) is 9.97 Å². The minimum absolute atomic E-state index is 0.380. The fraction of sp³-hybridized carbons (Fsp3) is 0.0952. The number of fused-ring (bicyclic) bond motifs is 1. The highest BCUT2D eigenvalue weighted by atomic mass is 32.2. The lowest BCUT2D eigenvalue weighted by atomic mass is 10.1. The van der Waals surface area contributed by atoms with E-state index >= 15 is 0 Å². The van der Waals surface area contributed by atoms with E-state index in [1.54, 1.807) is 11.3 Å². The Morgan fingerprint density at radius 1 is 1.04 bits per heavy atom. The molecule has 0 bridgehead atoms. The van der Waals surface area contributed by atoms with E-state index in [0.717, 1.165) is 31.2 Å². The van der Waals surface area contributed by atoms with Gasteiger partial charge in [0.2, 0.25) is 5.91 Å². The zero-order valence-electron chi connectivity index (χ0n) is 14.6. The molecule has 27 heavy (non-hydrogen) atoms. The third-order valence-corrected chi connectivity index (χ3v) is 6.47. The first-order chi connectivity index (χ1) is 13.1. The molecule has 6 heteroatoms. The van der Waals surface area contributed by atoms with Gasteiger partial charge >= 0.3 is 0 Å². The van der Waals surface area contributed by atoms with Crippen LogP contribution in [0.15, 0.2) is 71.8 Å². The molecule has 0 fully saturated rings. The molecule has 0 saturated heterocycles. The molecule has 0 aliphatic heterocycles. The molecule has 0 unspecified atom stereocenters. The van der Waals surface area contributed by atoms with Crippen LogP contribution in [0.1, 0.15) is 16.6 Å². The minimum Gasteiger partial charge on any atom is -0.368 e. The molecule has 4 nitrogen and oxygen atoms in total. The number of rotatable bonds is 5. The van der Waals surface area contributed by atoms with Crippen molar-refractivity contribution in [2.45, 2.75) is 17.2 Å². The van der Waals surface area contributed by atoms with E-state index in [9.17, 15) is 4.79 Å². The lowest BCUT2D eigenvalue weighted by Crippen LogP contribution is -2.19. The number of hydrogen-bond donors (Lipinski definition) is 1. The highest BCUT2D eigenvalue weighted by Crippen LogP contribution is 2.41. The van der Waals surface area contributed by atoms with Crippen LogP contribution in [0, 0.1) is 6.92 Å². The summed E-state index contributed by atoms with van der Waals surface area (Å²) >= 11 is 3.01. The molecular weight excluding hydrogens is 374 g/mol. The molecule has 134 valence electrons. The van der Waals surface area contributed by atoms with E-state index in [-0.39, 0.29) is 5.91 Å². The highest BCUT2D eigenvalue weighted by Gasteiger charge is 2.22. The highest BCUT2D eigenvalue weighted by molar-refractivity contribution is 8.00. The molecule has 4 aromatic rings. The van der Waals surface area contributed by atoms with Crippen molar-refractivity contribution in [3.05, 3.63) is 78.1 Å². The first kappa shape index (κ1) is 17.7. The molecule has 4 rings (SSSR count). The molecule has 0 aliphatic carbocycles. The van der Waals surface area contributed by atoms with Crippen LogP contribution in [0.25, 0.3) is 20.7 Å². The number of nitrogens with zero attached hydrogens (tertiary/aromatic N) is 2. The molecule has 1 amide bonds. The number of hydrogen-bond acceptors (Lipinski definition) is 5. The smallest absolute Gasteiger partial charge is 0.235 e. The maximum Gasteiger partial charge on any atom is 0.235 e. The Kier molecular flexibility index (Phi) is 4.92. The molecule has 2 aromatic carbocycles. The Morgan fingerprint density at radius 3 is 2.37 bits per heavy atom. The normalized spacial score (nSPS) is 12.2. The van der Waals surface area contributed by atoms with Gasteiger partial charge in [0.25, 0.3) is 0 Å². The van der Waals surface area contributed by atoms with E-state index in [4.69, 9.17) is 5.73 Å². The zero-order chi connectivity index (χ0) is 18.8. The lowest BCUT2D eigenvalue weighted by molar-refractivity contribution is -0.117. The number of amides is 1. The fourth-order valence-corrected chi connectivity index (χ4v) is 5.11. The van der Waals surface area contributed by atoms with E-state index in [0.29, 0.717) is 5.82 Å². The van der Waals surface area contributed by atoms with Crippen LogP contribution in [0.5, 0.6) is 0 Å². The Morgan fingerprint density at radius 2 is 1.70 bits per heavy atom. The van der Waals surface area contributed by atoms with Crippen LogP contribution in [0.2, 0.25) is 0 Å². The number of carbonyl (C=O) groups is 1. The monoisotopic (exact) mass is 391 g/mol. The van der Waals surface area contributed by atoms with Crippen molar-refractivity contribution in [2.24, 2.45) is 5.73 Å². The molecule has 2 heterocycles. The second-order valence-electron chi connectivity index (χ2n) is 6.08. The van der Waals surface area contributed by atoms with Gasteiger partial charge in [-0.2, -0.15) is 0 Å². The molecular formula is C21H17N3OS2. The Balaban J connectivity index is 1.79. The van der Waals surface area contributed by atoms with Gasteiger partial charge in [0.15, 0.2) is 0 Å². The van der Waals surface area contributed by atoms with Crippen molar-refractivity contribution in [3.8, 4) is 10.4 Å². The summed E-state index contributed by atoms with van der Waals surface area (Å²) in [6, 6.07) is 21.9. The van der Waals surface area contributed by atoms with Gasteiger partial charge < -0.3 is 5.73 Å². The predicted molar refractivity (Wildman–Crippen MR) is 112 cm³/mol. The SMILES string of the molecule is Cc1nc(S[C@H](C(N)=O)c2ccccc2)c2cc(-c3ccccc3)sc2n1. The van der Waals surface area contributed by atoms with Crippen molar-refractivity contribution in [1.82, 2.24) is 9.97 Å². The number of nitrogens with two attached hydrogens (primary N) is 1. The number of aryl methyl sites for hydroxylation is 1. The van der Waals surface area contributed by atoms with Crippen LogP contribution in [0.4, 0.5) is 0 Å². The average molecular weight is 392 g/mol. The molecule has 2 aromatic heterocycles. The van der Waals surface area contributed by atoms with Gasteiger partial charge in [-0.3, -0.25) is 4.79 Å². The summed E-state index contributed by atoms with van der Waals surface area (Å²) in [5.41, 5.74) is 7.71. The quantitative estimate of drug-likeness (QED) is 0.384. The van der Waals surface area contributed by atoms with Crippen LogP contribution >= 0.6 is 23.1 Å². The third kappa shape index (κ3) is 3.72. The number of benzene rings is 2. The van der Waals surface area contributed by atoms with Gasteiger partial charge in [-0.15, -0.1) is 11.3 Å². The standard InChI is InChI=1S/C21H17N3OS2/c1-13-23-20-16(12-17(26-20)14-8-4-2-5-9-14)21(24-13)27-18(19(22)25)15-10-6-3-7-11-15/h2-12,18H,1H3,(H2,22,25)/t18-/m0/s1. The Bertz CT molecular complexity index is 1090. The van der Waals surface area contributed by atoms with Crippen LogP contribution in [0.3, 0.4) is 0 Å². The topological polar surface area (TPSA) is 68.9 Å². The molecule has 1 atom stereocenters. The third-order valence-electron chi connectivity index (χ3n) is 4.12. The van der Waals surface area contributed by atoms with Gasteiger partial charge in [0, 0.05) is 10.3 Å². The number of aromatic nitrogens is 2. The summed E-state index contributed by atoms with van der Waals surface area (Å²) in [7, 11) is 0. The van der Waals surface area contributed by atoms with E-state index in [2.05, 4.69) is 28.2 Å². The van der Waals surface area contributed by atoms with Gasteiger partial charge in [-0.1, -0.05) is 72.4 Å². The second-order valence-corrected chi connectivity index (χ2v) is 8.21. The van der Waals surface area contributed by atoms with Crippen molar-refractivity contribution in [3.63, 3.8) is 0 Å².